The van der Waals surface area contributed by atoms with E-state index in [0.717, 1.165) is 55.4 Å². The van der Waals surface area contributed by atoms with Crippen molar-refractivity contribution in [1.82, 2.24) is 15.3 Å². The molecule has 0 spiro atoms. The number of nitrogens with two attached hydrogens (primary N) is 1. The first-order chi connectivity index (χ1) is 11.0. The number of hydrogen-bond acceptors (Lipinski definition) is 6. The molecule has 1 aromatic heterocycles. The van der Waals surface area contributed by atoms with Crippen LogP contribution in [0.15, 0.2) is 6.07 Å². The van der Waals surface area contributed by atoms with Gasteiger partial charge >= 0.3 is 0 Å². The Morgan fingerprint density at radius 2 is 2.13 bits per heavy atom. The molecule has 23 heavy (non-hydrogen) atoms. The van der Waals surface area contributed by atoms with Crippen molar-refractivity contribution >= 4 is 23.5 Å². The number of carbonyl (C=O) groups excluding carboxylic acids is 1. The lowest BCUT2D eigenvalue weighted by Gasteiger charge is -2.33. The smallest absolute Gasteiger partial charge is 0.237 e. The molecule has 6 nitrogen and oxygen atoms in total. The summed E-state index contributed by atoms with van der Waals surface area (Å²) in [6.45, 7) is 5.68. The van der Waals surface area contributed by atoms with Crippen LogP contribution in [0, 0.1) is 13.8 Å². The molecule has 0 aromatic carbocycles. The van der Waals surface area contributed by atoms with Crippen molar-refractivity contribution in [2.45, 2.75) is 45.2 Å². The summed E-state index contributed by atoms with van der Waals surface area (Å²) in [7, 11) is 0. The fraction of sp³-hybridized carbons (Fsp3) is 0.688. The summed E-state index contributed by atoms with van der Waals surface area (Å²) in [6.07, 6.45) is 4.59. The molecule has 0 aliphatic carbocycles. The maximum absolute atomic E-state index is 12.1. The van der Waals surface area contributed by atoms with Gasteiger partial charge < -0.3 is 16.0 Å². The van der Waals surface area contributed by atoms with E-state index in [2.05, 4.69) is 20.2 Å². The van der Waals surface area contributed by atoms with Crippen LogP contribution in [0.2, 0.25) is 0 Å². The number of carbonyl (C=O) groups is 1. The Kier molecular flexibility index (Phi) is 6.65. The number of aromatic nitrogens is 2. The van der Waals surface area contributed by atoms with Crippen LogP contribution in [0.3, 0.4) is 0 Å². The van der Waals surface area contributed by atoms with Gasteiger partial charge in [-0.3, -0.25) is 4.79 Å². The number of rotatable bonds is 6. The lowest BCUT2D eigenvalue weighted by molar-refractivity contribution is -0.123. The van der Waals surface area contributed by atoms with E-state index >= 15 is 0 Å². The molecule has 1 aromatic rings. The third kappa shape index (κ3) is 5.35. The van der Waals surface area contributed by atoms with Crippen molar-refractivity contribution < 1.29 is 4.79 Å². The third-order valence-corrected chi connectivity index (χ3v) is 4.73. The van der Waals surface area contributed by atoms with E-state index in [1.807, 2.05) is 26.2 Å². The predicted octanol–water partition coefficient (Wildman–Crippen LogP) is 1.26. The SMILES string of the molecule is CSCC[C@H](N)C(=O)NC1CCN(c2cc(C)nc(C)n2)CC1. The summed E-state index contributed by atoms with van der Waals surface area (Å²) in [5.41, 5.74) is 6.91. The molecule has 1 aliphatic rings. The number of hydrogen-bond donors (Lipinski definition) is 2. The van der Waals surface area contributed by atoms with Gasteiger partial charge in [-0.1, -0.05) is 0 Å². The summed E-state index contributed by atoms with van der Waals surface area (Å²) in [4.78, 5) is 23.2. The Morgan fingerprint density at radius 1 is 1.43 bits per heavy atom. The Morgan fingerprint density at radius 3 is 2.74 bits per heavy atom. The van der Waals surface area contributed by atoms with Crippen molar-refractivity contribution in [1.29, 1.82) is 0 Å². The summed E-state index contributed by atoms with van der Waals surface area (Å²) in [5, 5.41) is 3.09. The first-order valence-electron chi connectivity index (χ1n) is 8.11. The maximum Gasteiger partial charge on any atom is 0.237 e. The molecule has 1 amide bonds. The number of piperidine rings is 1. The van der Waals surface area contributed by atoms with Gasteiger partial charge in [0, 0.05) is 30.9 Å². The van der Waals surface area contributed by atoms with Crippen molar-refractivity contribution in [3.8, 4) is 0 Å². The minimum absolute atomic E-state index is 0.0220. The fourth-order valence-corrected chi connectivity index (χ4v) is 3.29. The summed E-state index contributed by atoms with van der Waals surface area (Å²) in [5.74, 6) is 2.68. The highest BCUT2D eigenvalue weighted by Crippen LogP contribution is 2.19. The van der Waals surface area contributed by atoms with Gasteiger partial charge in [-0.15, -0.1) is 0 Å². The Bertz CT molecular complexity index is 511. The number of nitrogens with one attached hydrogen (secondary N) is 1. The highest BCUT2D eigenvalue weighted by atomic mass is 32.2. The van der Waals surface area contributed by atoms with Crippen molar-refractivity contribution in [2.24, 2.45) is 5.73 Å². The quantitative estimate of drug-likeness (QED) is 0.813. The number of amides is 1. The average Bonchev–Trinajstić information content (AvgIpc) is 2.52. The number of thioether (sulfide) groups is 1. The summed E-state index contributed by atoms with van der Waals surface area (Å²) >= 11 is 1.71. The molecule has 1 atom stereocenters. The Balaban J connectivity index is 1.82. The largest absolute Gasteiger partial charge is 0.356 e. The molecule has 7 heteroatoms. The van der Waals surface area contributed by atoms with Crippen molar-refractivity contribution in [3.05, 3.63) is 17.6 Å². The van der Waals surface area contributed by atoms with Crippen molar-refractivity contribution in [2.75, 3.05) is 30.0 Å². The van der Waals surface area contributed by atoms with Gasteiger partial charge in [0.05, 0.1) is 6.04 Å². The minimum atomic E-state index is -0.396. The number of aryl methyl sites for hydroxylation is 2. The van der Waals surface area contributed by atoms with Crippen LogP contribution < -0.4 is 16.0 Å². The van der Waals surface area contributed by atoms with Crippen molar-refractivity contribution in [3.63, 3.8) is 0 Å². The second kappa shape index (κ2) is 8.49. The summed E-state index contributed by atoms with van der Waals surface area (Å²) in [6, 6.07) is 1.83. The van der Waals surface area contributed by atoms with E-state index in [9.17, 15) is 4.79 Å². The second-order valence-corrected chi connectivity index (χ2v) is 7.06. The average molecular weight is 337 g/mol. The molecule has 2 heterocycles. The van der Waals surface area contributed by atoms with Crippen LogP contribution in [-0.4, -0.2) is 53.1 Å². The zero-order valence-corrected chi connectivity index (χ0v) is 15.0. The monoisotopic (exact) mass is 337 g/mol. The zero-order chi connectivity index (χ0) is 16.8. The van der Waals surface area contributed by atoms with Gasteiger partial charge in [0.15, 0.2) is 0 Å². The standard InChI is InChI=1S/C16H27N5OS/c1-11-10-15(19-12(2)18-11)21-7-4-13(5-8-21)20-16(22)14(17)6-9-23-3/h10,13-14H,4-9,17H2,1-3H3,(H,20,22)/t14-/m0/s1. The molecular formula is C16H27N5OS. The van der Waals surface area contributed by atoms with Crippen LogP contribution in [-0.2, 0) is 4.79 Å². The molecular weight excluding hydrogens is 310 g/mol. The molecule has 2 rings (SSSR count). The number of anilines is 1. The molecule has 3 N–H and O–H groups in total. The topological polar surface area (TPSA) is 84.1 Å². The normalized spacial score (nSPS) is 17.1. The highest BCUT2D eigenvalue weighted by molar-refractivity contribution is 7.98. The second-order valence-electron chi connectivity index (χ2n) is 6.07. The number of nitrogens with zero attached hydrogens (tertiary/aromatic N) is 3. The molecule has 0 unspecified atom stereocenters. The van der Waals surface area contributed by atoms with Gasteiger partial charge in [-0.05, 0) is 45.1 Å². The summed E-state index contributed by atoms with van der Waals surface area (Å²) < 4.78 is 0. The van der Waals surface area contributed by atoms with Gasteiger partial charge in [-0.2, -0.15) is 11.8 Å². The first kappa shape index (κ1) is 18.0. The van der Waals surface area contributed by atoms with Gasteiger partial charge in [0.2, 0.25) is 5.91 Å². The van der Waals surface area contributed by atoms with E-state index in [-0.39, 0.29) is 11.9 Å². The molecule has 1 aliphatic heterocycles. The minimum Gasteiger partial charge on any atom is -0.356 e. The Hall–Kier alpha value is -1.34. The van der Waals surface area contributed by atoms with Crippen LogP contribution in [0.25, 0.3) is 0 Å². The molecule has 128 valence electrons. The van der Waals surface area contributed by atoms with Gasteiger partial charge in [0.1, 0.15) is 11.6 Å². The highest BCUT2D eigenvalue weighted by Gasteiger charge is 2.23. The molecule has 0 radical (unpaired) electrons. The van der Waals surface area contributed by atoms with Gasteiger partial charge in [-0.25, -0.2) is 9.97 Å². The Labute approximate surface area is 142 Å². The van der Waals surface area contributed by atoms with E-state index in [0.29, 0.717) is 0 Å². The predicted molar refractivity (Wildman–Crippen MR) is 95.9 cm³/mol. The van der Waals surface area contributed by atoms with E-state index in [4.69, 9.17) is 5.73 Å². The van der Waals surface area contributed by atoms with Gasteiger partial charge in [0.25, 0.3) is 0 Å². The molecule has 1 saturated heterocycles. The maximum atomic E-state index is 12.1. The lowest BCUT2D eigenvalue weighted by Crippen LogP contribution is -2.50. The first-order valence-corrected chi connectivity index (χ1v) is 9.51. The molecule has 0 saturated carbocycles. The van der Waals surface area contributed by atoms with Crippen LogP contribution in [0.4, 0.5) is 5.82 Å². The lowest BCUT2D eigenvalue weighted by atomic mass is 10.0. The molecule has 0 bridgehead atoms. The zero-order valence-electron chi connectivity index (χ0n) is 14.2. The van der Waals surface area contributed by atoms with Crippen LogP contribution in [0.1, 0.15) is 30.8 Å². The third-order valence-electron chi connectivity index (χ3n) is 4.09. The van der Waals surface area contributed by atoms with E-state index in [1.54, 1.807) is 11.8 Å². The van der Waals surface area contributed by atoms with E-state index in [1.165, 1.54) is 0 Å². The molecule has 1 fully saturated rings. The van der Waals surface area contributed by atoms with E-state index < -0.39 is 6.04 Å². The fourth-order valence-electron chi connectivity index (χ4n) is 2.80. The van der Waals surface area contributed by atoms with Crippen LogP contribution >= 0.6 is 11.8 Å². The van der Waals surface area contributed by atoms with Crippen LogP contribution in [0.5, 0.6) is 0 Å².